The third-order valence-electron chi connectivity index (χ3n) is 9.02. The van der Waals surface area contributed by atoms with Gasteiger partial charge in [-0.05, 0) is 109 Å². The number of pyridine rings is 3. The van der Waals surface area contributed by atoms with Gasteiger partial charge in [0, 0.05) is 57.3 Å². The van der Waals surface area contributed by atoms with Crippen molar-refractivity contribution in [2.75, 3.05) is 0 Å². The Balaban J connectivity index is 0.000000289. The zero-order valence-corrected chi connectivity index (χ0v) is 29.6. The van der Waals surface area contributed by atoms with Gasteiger partial charge in [-0.1, -0.05) is 67.3 Å². The van der Waals surface area contributed by atoms with Crippen LogP contribution in [0.15, 0.2) is 108 Å². The Hall–Kier alpha value is -4.44. The summed E-state index contributed by atoms with van der Waals surface area (Å²) in [5.74, 6) is -0.649. The summed E-state index contributed by atoms with van der Waals surface area (Å²) in [5.41, 5.74) is 5.96. The molecule has 5 heteroatoms. The number of hydrogen-bond acceptors (Lipinski definition) is 4. The summed E-state index contributed by atoms with van der Waals surface area (Å²) < 4.78 is 84.5. The van der Waals surface area contributed by atoms with E-state index in [1.165, 1.54) is 18.5 Å². The Morgan fingerprint density at radius 3 is 2.37 bits per heavy atom. The number of hydrogen-bond donors (Lipinski definition) is 0. The van der Waals surface area contributed by atoms with Crippen LogP contribution in [0, 0.1) is 38.1 Å². The molecular weight excluding hydrogens is 779 g/mol. The summed E-state index contributed by atoms with van der Waals surface area (Å²) >= 11 is 0. The van der Waals surface area contributed by atoms with Crippen molar-refractivity contribution in [2.45, 2.75) is 66.0 Å². The molecule has 0 saturated heterocycles. The van der Waals surface area contributed by atoms with Crippen LogP contribution in [0.3, 0.4) is 0 Å². The fraction of sp³-hybridized carbons (Fsp3) is 0.250. The minimum absolute atomic E-state index is 0. The summed E-state index contributed by atoms with van der Waals surface area (Å²) in [4.78, 5) is 12.9. The van der Waals surface area contributed by atoms with E-state index in [-0.39, 0.29) is 48.1 Å². The van der Waals surface area contributed by atoms with E-state index in [2.05, 4.69) is 40.9 Å². The van der Waals surface area contributed by atoms with Crippen LogP contribution >= 0.6 is 0 Å². The van der Waals surface area contributed by atoms with Crippen LogP contribution in [0.4, 0.5) is 0 Å². The average molecular weight is 830 g/mol. The Morgan fingerprint density at radius 2 is 1.65 bits per heavy atom. The second-order valence-corrected chi connectivity index (χ2v) is 12.9. The summed E-state index contributed by atoms with van der Waals surface area (Å²) in [6, 6.07) is 33.1. The molecule has 0 aliphatic heterocycles. The van der Waals surface area contributed by atoms with Crippen molar-refractivity contribution in [1.82, 2.24) is 15.0 Å². The zero-order chi connectivity index (χ0) is 41.7. The van der Waals surface area contributed by atoms with Crippen molar-refractivity contribution in [2.24, 2.45) is 5.41 Å². The van der Waals surface area contributed by atoms with E-state index in [1.54, 1.807) is 36.4 Å². The molecule has 1 fully saturated rings. The molecule has 49 heavy (non-hydrogen) atoms. The van der Waals surface area contributed by atoms with Crippen molar-refractivity contribution < 1.29 is 38.2 Å². The molecule has 4 heterocycles. The van der Waals surface area contributed by atoms with Gasteiger partial charge in [-0.3, -0.25) is 0 Å². The molecule has 0 atom stereocenters. The summed E-state index contributed by atoms with van der Waals surface area (Å²) in [7, 11) is 0. The number of fused-ring (bicyclic) bond motifs is 3. The number of rotatable bonds is 4. The maximum absolute atomic E-state index is 9.12. The summed E-state index contributed by atoms with van der Waals surface area (Å²) in [5, 5.41) is 1.39. The van der Waals surface area contributed by atoms with E-state index in [1.807, 2.05) is 48.5 Å². The number of nitrogens with zero attached hydrogens (tertiary/aromatic N) is 3. The van der Waals surface area contributed by atoms with E-state index in [9.17, 15) is 0 Å². The van der Waals surface area contributed by atoms with Gasteiger partial charge in [0.05, 0.1) is 5.58 Å². The van der Waals surface area contributed by atoms with Gasteiger partial charge in [-0.2, -0.15) is 0 Å². The number of benzene rings is 3. The van der Waals surface area contributed by atoms with Crippen LogP contribution in [0.2, 0.25) is 0 Å². The molecule has 1 aliphatic rings. The van der Waals surface area contributed by atoms with Crippen LogP contribution < -0.4 is 0 Å². The molecule has 4 aromatic heterocycles. The normalized spacial score (nSPS) is 18.7. The molecule has 0 spiro atoms. The quantitative estimate of drug-likeness (QED) is 0.166. The fourth-order valence-electron chi connectivity index (χ4n) is 6.15. The van der Waals surface area contributed by atoms with Crippen LogP contribution in [-0.2, 0) is 20.1 Å². The zero-order valence-electron chi connectivity index (χ0n) is 37.2. The standard InChI is InChI=1S/C32H31N2O.C12H10N.Ir/c1-20-19-33-29(27-7-5-6-25-26-13-8-21(2)34-31(26)35-30(25)27)18-28(20)24-11-9-22(10-12-24)23-14-16-32(3,4)17-15-23;1-10-7-8-12(13-9-10)11-5-3-2-4-6-11;/h5-6,8-13,18-19,23H,14-17H2,1-4H3;2-5,7-9H,1H3;/q2*-1;/i1D3,2D3,23D;1D3;. The molecule has 4 nitrogen and oxygen atoms in total. The molecule has 7 aromatic rings. The smallest absolute Gasteiger partial charge is 0.216 e. The maximum Gasteiger partial charge on any atom is 0.216 e. The third-order valence-corrected chi connectivity index (χ3v) is 9.02. The van der Waals surface area contributed by atoms with Crippen molar-refractivity contribution in [1.29, 1.82) is 0 Å². The Kier molecular flexibility index (Phi) is 7.09. The number of aromatic nitrogens is 3. The van der Waals surface area contributed by atoms with Crippen LogP contribution in [0.5, 0.6) is 0 Å². The van der Waals surface area contributed by atoms with Crippen LogP contribution in [0.1, 0.15) is 81.5 Å². The predicted molar refractivity (Wildman–Crippen MR) is 197 cm³/mol. The van der Waals surface area contributed by atoms with Gasteiger partial charge in [-0.15, -0.1) is 54.1 Å². The maximum atomic E-state index is 9.12. The van der Waals surface area contributed by atoms with Gasteiger partial charge in [0.2, 0.25) is 5.71 Å². The van der Waals surface area contributed by atoms with Crippen LogP contribution in [0.25, 0.3) is 55.7 Å². The minimum Gasteiger partial charge on any atom is -0.486 e. The first kappa shape index (κ1) is 23.8. The fourth-order valence-corrected chi connectivity index (χ4v) is 6.15. The van der Waals surface area contributed by atoms with E-state index < -0.39 is 26.4 Å². The Labute approximate surface area is 317 Å². The summed E-state index contributed by atoms with van der Waals surface area (Å²) in [6.07, 6.45) is 6.33. The molecule has 3 aromatic carbocycles. The minimum atomic E-state index is -2.39. The molecule has 0 bridgehead atoms. The first-order valence-corrected chi connectivity index (χ1v) is 16.0. The number of aryl methyl sites for hydroxylation is 3. The van der Waals surface area contributed by atoms with E-state index >= 15 is 0 Å². The van der Waals surface area contributed by atoms with Crippen LogP contribution in [-0.4, -0.2) is 15.0 Å². The Morgan fingerprint density at radius 1 is 0.816 bits per heavy atom. The van der Waals surface area contributed by atoms with Gasteiger partial charge < -0.3 is 14.4 Å². The van der Waals surface area contributed by atoms with Crippen molar-refractivity contribution in [3.05, 3.63) is 138 Å². The van der Waals surface area contributed by atoms with E-state index in [0.717, 1.165) is 47.9 Å². The van der Waals surface area contributed by atoms with Gasteiger partial charge >= 0.3 is 0 Å². The first-order valence-electron chi connectivity index (χ1n) is 21.0. The summed E-state index contributed by atoms with van der Waals surface area (Å²) in [6.45, 7) is -2.35. The molecule has 0 amide bonds. The monoisotopic (exact) mass is 830 g/mol. The molecule has 8 rings (SSSR count). The second-order valence-electron chi connectivity index (χ2n) is 12.9. The largest absolute Gasteiger partial charge is 0.486 e. The SMILES string of the molecule is [2H]C([2H])([2H])c1ccc(-c2[c-]cccc2)nc1.[2H]C([2H])([2H])c1ccc2c(n1)oc1c(-c3cc(-c4ccc(C5([2H])CCC(C)(C)CC5)cc4)c(C([2H])([2H])[2H])cn3)[c-]ccc12.[Ir]. The van der Waals surface area contributed by atoms with Gasteiger partial charge in [0.1, 0.15) is 0 Å². The molecule has 1 saturated carbocycles. The van der Waals surface area contributed by atoms with Gasteiger partial charge in [-0.25, -0.2) is 4.98 Å². The molecule has 0 N–H and O–H groups in total. The van der Waals surface area contributed by atoms with Crippen molar-refractivity contribution in [3.8, 4) is 33.6 Å². The second kappa shape index (κ2) is 14.6. The number of furan rings is 1. The van der Waals surface area contributed by atoms with Crippen molar-refractivity contribution in [3.63, 3.8) is 0 Å². The topological polar surface area (TPSA) is 51.8 Å². The molecule has 1 radical (unpaired) electrons. The molecule has 1 aliphatic carbocycles. The first-order chi connectivity index (χ1) is 27.2. The van der Waals surface area contributed by atoms with E-state index in [0.29, 0.717) is 33.4 Å². The van der Waals surface area contributed by atoms with Gasteiger partial charge in [0.15, 0.2) is 0 Å². The average Bonchev–Trinajstić information content (AvgIpc) is 3.57. The van der Waals surface area contributed by atoms with Gasteiger partial charge in [0.25, 0.3) is 0 Å². The molecule has 0 unspecified atom stereocenters. The van der Waals surface area contributed by atoms with Crippen molar-refractivity contribution >= 4 is 22.1 Å². The molecular formula is C44H41IrN3O-2. The third kappa shape index (κ3) is 7.59. The Bertz CT molecular complexity index is 2560. The predicted octanol–water partition coefficient (Wildman–Crippen LogP) is 11.7. The molecule has 249 valence electrons. The van der Waals surface area contributed by atoms with E-state index in [4.69, 9.17) is 18.1 Å².